The summed E-state index contributed by atoms with van der Waals surface area (Å²) < 4.78 is 140. The van der Waals surface area contributed by atoms with Crippen LogP contribution in [0.25, 0.3) is 0 Å². The number of hydrogen-bond donors (Lipinski definition) is 19. The number of ether oxygens (including phenoxy) is 6. The number of esters is 1. The number of nitrogens with one attached hydrogen (secondary N) is 5. The number of nitrogens with two attached hydrogens (primary N) is 10. The van der Waals surface area contributed by atoms with Crippen LogP contribution in [0.5, 0.6) is 28.7 Å². The summed E-state index contributed by atoms with van der Waals surface area (Å²) in [7, 11) is -13.4. The number of unbranched alkanes of at least 4 members (excludes halogenated alkanes) is 9. The maximum atomic E-state index is 13.1. The lowest BCUT2D eigenvalue weighted by Crippen LogP contribution is -2.48. The lowest BCUT2D eigenvalue weighted by atomic mass is 9.69. The Labute approximate surface area is 878 Å². The summed E-state index contributed by atoms with van der Waals surface area (Å²) in [6.45, 7) is 25.4. The summed E-state index contributed by atoms with van der Waals surface area (Å²) in [6, 6.07) is 29.7. The highest BCUT2D eigenvalue weighted by molar-refractivity contribution is 7.90. The molecule has 2 fully saturated rings. The summed E-state index contributed by atoms with van der Waals surface area (Å²) in [4.78, 5) is 90.0. The van der Waals surface area contributed by atoms with Gasteiger partial charge in [-0.25, -0.2) is 57.4 Å². The number of carbonyl (C=O) groups is 6. The summed E-state index contributed by atoms with van der Waals surface area (Å²) in [6.07, 6.45) is 16.2. The van der Waals surface area contributed by atoms with E-state index in [1.807, 2.05) is 65.8 Å². The Morgan fingerprint density at radius 1 is 0.383 bits per heavy atom. The number of carbonyl (C=O) groups excluding carboxylic acids is 2. The van der Waals surface area contributed by atoms with Gasteiger partial charge in [-0.3, -0.25) is 48.9 Å². The fourth-order valence-corrected chi connectivity index (χ4v) is 21.8. The molecule has 0 radical (unpaired) electrons. The van der Waals surface area contributed by atoms with Crippen LogP contribution < -0.4 is 105 Å². The van der Waals surface area contributed by atoms with Gasteiger partial charge in [0.05, 0.1) is 63.2 Å². The minimum Gasteiger partial charge on any atom is -0.494 e. The Bertz CT molecular complexity index is 5380. The highest BCUT2D eigenvalue weighted by atomic mass is 32.2. The zero-order valence-electron chi connectivity index (χ0n) is 87.6. The lowest BCUT2D eigenvalue weighted by molar-refractivity contribution is -0.145. The summed E-state index contributed by atoms with van der Waals surface area (Å²) in [5, 5.41) is 40.5. The predicted molar refractivity (Wildman–Crippen MR) is 581 cm³/mol. The molecular weight excluding hydrogens is 2010 g/mol. The number of benzene rings is 5. The number of aliphatic imine (C=N–C) groups is 5. The predicted octanol–water partition coefficient (Wildman–Crippen LogP) is 7.06. The fourth-order valence-electron chi connectivity index (χ4n) is 15.6. The molecule has 836 valence electrons. The van der Waals surface area contributed by atoms with Gasteiger partial charge >= 0.3 is 29.8 Å². The summed E-state index contributed by atoms with van der Waals surface area (Å²) in [5.74, 6) is -1.61. The van der Waals surface area contributed by atoms with Crippen molar-refractivity contribution in [1.29, 1.82) is 0 Å². The Morgan fingerprint density at radius 2 is 0.624 bits per heavy atom. The van der Waals surface area contributed by atoms with Crippen LogP contribution in [0.1, 0.15) is 218 Å². The van der Waals surface area contributed by atoms with Crippen molar-refractivity contribution >= 4 is 106 Å². The van der Waals surface area contributed by atoms with Crippen LogP contribution in [0.4, 0.5) is 0 Å². The van der Waals surface area contributed by atoms with E-state index < -0.39 is 106 Å². The van der Waals surface area contributed by atoms with E-state index in [2.05, 4.69) is 69.6 Å². The van der Waals surface area contributed by atoms with Crippen LogP contribution in [0.3, 0.4) is 0 Å². The first kappa shape index (κ1) is 131. The Hall–Kier alpha value is -12.4. The molecule has 149 heavy (non-hydrogen) atoms. The number of nitrogens with zero attached hydrogens (tertiary/aromatic N) is 5. The number of hydrogen-bond acceptors (Lipinski definition) is 25. The largest absolute Gasteiger partial charge is 0.494 e. The molecule has 48 heteroatoms. The molecule has 2 aliphatic carbocycles. The van der Waals surface area contributed by atoms with E-state index in [4.69, 9.17) is 85.8 Å². The molecule has 7 atom stereocenters. The Balaban J connectivity index is 0.000000480. The molecule has 2 saturated carbocycles. The highest BCUT2D eigenvalue weighted by Gasteiger charge is 2.62. The second kappa shape index (κ2) is 68.4. The normalized spacial score (nSPS) is 14.9. The van der Waals surface area contributed by atoms with Gasteiger partial charge in [-0.2, -0.15) is 0 Å². The lowest BCUT2D eigenvalue weighted by Gasteiger charge is -2.39. The van der Waals surface area contributed by atoms with Gasteiger partial charge in [-0.05, 0) is 240 Å². The van der Waals surface area contributed by atoms with Gasteiger partial charge in [0.25, 0.3) is 0 Å². The van der Waals surface area contributed by atoms with Crippen molar-refractivity contribution < 1.29 is 111 Å². The number of guanidine groups is 5. The maximum Gasteiger partial charge on any atom is 0.328 e. The van der Waals surface area contributed by atoms with E-state index in [1.54, 1.807) is 97.1 Å². The second-order valence-electron chi connectivity index (χ2n) is 37.9. The Morgan fingerprint density at radius 3 is 0.839 bits per heavy atom. The molecule has 0 saturated heterocycles. The third-order valence-corrected chi connectivity index (χ3v) is 29.6. The minimum absolute atomic E-state index is 0.0350. The van der Waals surface area contributed by atoms with Crippen molar-refractivity contribution in [3.63, 3.8) is 0 Å². The molecule has 5 aromatic rings. The molecule has 0 aromatic heterocycles. The summed E-state index contributed by atoms with van der Waals surface area (Å²) >= 11 is 0. The minimum atomic E-state index is -3.85. The van der Waals surface area contributed by atoms with Gasteiger partial charge < -0.3 is 112 Å². The van der Waals surface area contributed by atoms with Gasteiger partial charge in [0, 0.05) is 51.0 Å². The highest BCUT2D eigenvalue weighted by Crippen LogP contribution is 2.68. The van der Waals surface area contributed by atoms with E-state index in [0.717, 1.165) is 113 Å². The maximum absolute atomic E-state index is 13.1. The molecule has 0 spiro atoms. The smallest absolute Gasteiger partial charge is 0.328 e. The van der Waals surface area contributed by atoms with E-state index in [0.29, 0.717) is 162 Å². The molecule has 2 unspecified atom stereocenters. The number of carboxylic acid groups (broad SMARTS) is 4. The molecular formula is C101H164N20O24S4. The number of rotatable bonds is 67. The Kier molecular flexibility index (Phi) is 60.0. The zero-order valence-corrected chi connectivity index (χ0v) is 90.9. The average Bonchev–Trinajstić information content (AvgIpc) is 1.55. The van der Waals surface area contributed by atoms with Crippen molar-refractivity contribution in [1.82, 2.24) is 24.2 Å². The van der Waals surface area contributed by atoms with Crippen LogP contribution in [-0.4, -0.2) is 246 Å². The van der Waals surface area contributed by atoms with Gasteiger partial charge in [0.2, 0.25) is 46.0 Å². The average molecular weight is 2170 g/mol. The molecule has 44 nitrogen and oxygen atoms in total. The van der Waals surface area contributed by atoms with Crippen molar-refractivity contribution in [2.75, 3.05) is 95.9 Å². The summed E-state index contributed by atoms with van der Waals surface area (Å²) in [5.41, 5.74) is 56.4. The van der Waals surface area contributed by atoms with Crippen LogP contribution in [0.15, 0.2) is 158 Å². The first-order valence-corrected chi connectivity index (χ1v) is 56.6. The van der Waals surface area contributed by atoms with E-state index in [-0.39, 0.29) is 95.2 Å². The van der Waals surface area contributed by atoms with Crippen molar-refractivity contribution in [3.05, 3.63) is 161 Å². The number of carboxylic acids is 4. The van der Waals surface area contributed by atoms with Gasteiger partial charge in [-0.15, -0.1) is 0 Å². The van der Waals surface area contributed by atoms with Crippen LogP contribution in [0, 0.1) is 22.2 Å². The zero-order chi connectivity index (χ0) is 111. The quantitative estimate of drug-likeness (QED) is 0.00608. The van der Waals surface area contributed by atoms with E-state index >= 15 is 0 Å². The van der Waals surface area contributed by atoms with Crippen molar-refractivity contribution in [2.24, 2.45) is 104 Å². The molecule has 7 rings (SSSR count). The van der Waals surface area contributed by atoms with Crippen LogP contribution in [0.2, 0.25) is 0 Å². The first-order valence-electron chi connectivity index (χ1n) is 50.0. The molecule has 1 amide bonds. The van der Waals surface area contributed by atoms with Crippen molar-refractivity contribution in [3.8, 4) is 28.7 Å². The third-order valence-electron chi connectivity index (χ3n) is 23.7. The first-order chi connectivity index (χ1) is 70.2. The van der Waals surface area contributed by atoms with Gasteiger partial charge in [-0.1, -0.05) is 147 Å². The van der Waals surface area contributed by atoms with E-state index in [1.165, 1.54) is 7.11 Å². The van der Waals surface area contributed by atoms with Crippen LogP contribution >= 0.6 is 0 Å². The second-order valence-corrected chi connectivity index (χ2v) is 45.3. The monoisotopic (exact) mass is 2170 g/mol. The molecule has 0 aliphatic heterocycles. The van der Waals surface area contributed by atoms with Crippen LogP contribution in [-0.2, 0) is 106 Å². The molecule has 29 N–H and O–H groups in total. The van der Waals surface area contributed by atoms with Gasteiger partial charge in [0.1, 0.15) is 59.0 Å². The van der Waals surface area contributed by atoms with Gasteiger partial charge in [0.15, 0.2) is 29.8 Å². The molecule has 2 bridgehead atoms. The fraction of sp³-hybridized carbons (Fsp3) is 0.574. The number of amides is 1. The molecule has 5 aromatic carbocycles. The topological polar surface area (TPSA) is 757 Å². The van der Waals surface area contributed by atoms with Crippen molar-refractivity contribution in [2.45, 2.75) is 253 Å². The standard InChI is InChI=1S/C25H38N4O5S.C21H34N4O4.C19H32N4O5S.2C18H30N4O5S/c1-17-14-19-10-11-25(17,24(19,2)3)16-35(32,33)29-21(22(30)31)15-18-6-8-20(9-7-18)34-13-5-4-12-28-23(26)27;1-21(2,3)14-18(26)25-17(19(27)28-4)13-15-7-9-16(10-8-15)29-12-6-5-11-24-20(22)23;1-2-3-13-29(26,27)23-17(18(24)25)14-15-7-9-16(10-8-15)28-12-6-4-5-11-22-19(20)21;2*1-2-3-12-28(25,26)22-16(17(23)24)13-14-6-8-15(9-7-14)27-11-5-4-10-21-18(19)20/h6-9,19,21,29H,1,4-5,10-16H2,2-3H3,(H,30,31)(H4,26,27,28);7-10,17H,5-6,11-14H2,1-4H3,(H,25,26)(H4,22,23,24);7-10,17,23H,2-6,11-14H2,1H3,(H,24,25)(H4,20,21,22);2*6-9,16,22H,2-5,10-13H2,1H3,(H,23,24)(H4,19,20,21)/t19?,21-,25?;2*17-;2*16-/m00010/s1. The number of fused-ring (bicyclic) bond motifs is 2. The molecule has 2 aliphatic rings. The third kappa shape index (κ3) is 56.7. The number of methoxy groups -OCH3 is 1. The van der Waals surface area contributed by atoms with E-state index in [9.17, 15) is 82.9 Å². The number of sulfonamides is 4. The SMILES string of the molecule is C=C1CC2CCC1(CS(=O)(=O)N[C@@H](Cc1ccc(OCCCCN=C(N)N)cc1)C(=O)O)C2(C)C.CCCCS(=O)(=O)N[C@@H](Cc1ccc(OCCCCCN=C(N)N)cc1)C(=O)O.CCCCS(=O)(=O)N[C@@H](Cc1ccc(OCCCCN=C(N)N)cc1)C(=O)O.CCCCS(=O)(=O)N[C@H](Cc1ccc(OCCCCN=C(N)N)cc1)C(=O)O.COC(=O)[C@H](Cc1ccc(OCCCCN=C(N)N)cc1)NC(=O)CC(C)(C)C. The number of aliphatic carboxylic acids is 4. The number of allylic oxidation sites excluding steroid dienone is 1. The molecule has 0 heterocycles.